The van der Waals surface area contributed by atoms with Gasteiger partial charge in [-0.05, 0) is 55.3 Å². The number of carbonyl (C=O) groups is 1. The van der Waals surface area contributed by atoms with Crippen molar-refractivity contribution >= 4 is 5.91 Å². The third-order valence-electron chi connectivity index (χ3n) is 4.22. The zero-order valence-electron chi connectivity index (χ0n) is 15.6. The van der Waals surface area contributed by atoms with Gasteiger partial charge in [-0.15, -0.1) is 0 Å². The zero-order chi connectivity index (χ0) is 19.1. The summed E-state index contributed by atoms with van der Waals surface area (Å²) in [5, 5.41) is 2.95. The zero-order valence-corrected chi connectivity index (χ0v) is 15.6. The Hall–Kier alpha value is -3.21. The SMILES string of the molecule is Cc1cc(C(=O)NCCc2ccccn2)cc(C)c1OCc1cccnc1. The van der Waals surface area contributed by atoms with Crippen LogP contribution in [0.2, 0.25) is 0 Å². The molecule has 1 N–H and O–H groups in total. The molecular weight excluding hydrogens is 338 g/mol. The van der Waals surface area contributed by atoms with Crippen LogP contribution in [0.3, 0.4) is 0 Å². The van der Waals surface area contributed by atoms with E-state index in [4.69, 9.17) is 4.74 Å². The molecule has 1 amide bonds. The Labute approximate surface area is 159 Å². The van der Waals surface area contributed by atoms with Crippen LogP contribution in [0.5, 0.6) is 5.75 Å². The van der Waals surface area contributed by atoms with Gasteiger partial charge in [-0.1, -0.05) is 12.1 Å². The highest BCUT2D eigenvalue weighted by Gasteiger charge is 2.12. The largest absolute Gasteiger partial charge is 0.488 e. The van der Waals surface area contributed by atoms with Gasteiger partial charge in [0.05, 0.1) is 0 Å². The lowest BCUT2D eigenvalue weighted by atomic mass is 10.0. The Morgan fingerprint density at radius 1 is 1.07 bits per heavy atom. The first kappa shape index (κ1) is 18.6. The summed E-state index contributed by atoms with van der Waals surface area (Å²) in [5.41, 5.74) is 4.49. The first-order chi connectivity index (χ1) is 13.1. The number of nitrogens with zero attached hydrogens (tertiary/aromatic N) is 2. The minimum atomic E-state index is -0.0871. The van der Waals surface area contributed by atoms with Gasteiger partial charge in [0.15, 0.2) is 0 Å². The van der Waals surface area contributed by atoms with Crippen molar-refractivity contribution in [3.05, 3.63) is 89.0 Å². The third-order valence-corrected chi connectivity index (χ3v) is 4.22. The van der Waals surface area contributed by atoms with Crippen LogP contribution in [0.4, 0.5) is 0 Å². The van der Waals surface area contributed by atoms with E-state index in [9.17, 15) is 4.79 Å². The van der Waals surface area contributed by atoms with E-state index < -0.39 is 0 Å². The van der Waals surface area contributed by atoms with Crippen molar-refractivity contribution < 1.29 is 9.53 Å². The Balaban J connectivity index is 1.60. The van der Waals surface area contributed by atoms with Gasteiger partial charge in [0.25, 0.3) is 5.91 Å². The van der Waals surface area contributed by atoms with Crippen LogP contribution in [-0.4, -0.2) is 22.4 Å². The highest BCUT2D eigenvalue weighted by molar-refractivity contribution is 5.94. The fraction of sp³-hybridized carbons (Fsp3) is 0.227. The van der Waals surface area contributed by atoms with Crippen LogP contribution >= 0.6 is 0 Å². The molecule has 0 aliphatic heterocycles. The second-order valence-corrected chi connectivity index (χ2v) is 6.42. The first-order valence-corrected chi connectivity index (χ1v) is 8.94. The number of aryl methyl sites for hydroxylation is 2. The van der Waals surface area contributed by atoms with Gasteiger partial charge < -0.3 is 10.1 Å². The first-order valence-electron chi connectivity index (χ1n) is 8.94. The average Bonchev–Trinajstić information content (AvgIpc) is 2.69. The molecule has 5 heteroatoms. The van der Waals surface area contributed by atoms with Crippen molar-refractivity contribution in [3.8, 4) is 5.75 Å². The summed E-state index contributed by atoms with van der Waals surface area (Å²) < 4.78 is 5.95. The van der Waals surface area contributed by atoms with Gasteiger partial charge in [-0.2, -0.15) is 0 Å². The molecule has 0 spiro atoms. The molecule has 3 rings (SSSR count). The van der Waals surface area contributed by atoms with Crippen molar-refractivity contribution in [2.24, 2.45) is 0 Å². The quantitative estimate of drug-likeness (QED) is 0.698. The van der Waals surface area contributed by atoms with E-state index >= 15 is 0 Å². The molecule has 0 atom stereocenters. The van der Waals surface area contributed by atoms with E-state index in [1.807, 2.05) is 56.3 Å². The monoisotopic (exact) mass is 361 g/mol. The molecule has 0 aliphatic rings. The van der Waals surface area contributed by atoms with Crippen LogP contribution in [0.15, 0.2) is 61.1 Å². The minimum absolute atomic E-state index is 0.0871. The molecule has 0 saturated heterocycles. The summed E-state index contributed by atoms with van der Waals surface area (Å²) in [4.78, 5) is 20.8. The molecule has 0 saturated carbocycles. The molecule has 0 unspecified atom stereocenters. The summed E-state index contributed by atoms with van der Waals surface area (Å²) in [6.07, 6.45) is 5.99. The number of amides is 1. The van der Waals surface area contributed by atoms with Gasteiger partial charge >= 0.3 is 0 Å². The minimum Gasteiger partial charge on any atom is -0.488 e. The average molecular weight is 361 g/mol. The molecule has 2 heterocycles. The normalized spacial score (nSPS) is 10.4. The Kier molecular flexibility index (Phi) is 6.15. The Morgan fingerprint density at radius 3 is 2.56 bits per heavy atom. The highest BCUT2D eigenvalue weighted by atomic mass is 16.5. The summed E-state index contributed by atoms with van der Waals surface area (Å²) >= 11 is 0. The number of hydrogen-bond acceptors (Lipinski definition) is 4. The van der Waals surface area contributed by atoms with Crippen molar-refractivity contribution in [3.63, 3.8) is 0 Å². The van der Waals surface area contributed by atoms with E-state index in [1.54, 1.807) is 18.6 Å². The maximum absolute atomic E-state index is 12.4. The van der Waals surface area contributed by atoms with Crippen molar-refractivity contribution in [1.82, 2.24) is 15.3 Å². The van der Waals surface area contributed by atoms with Gasteiger partial charge in [-0.25, -0.2) is 0 Å². The molecule has 0 fully saturated rings. The van der Waals surface area contributed by atoms with Crippen LogP contribution in [0, 0.1) is 13.8 Å². The molecule has 0 radical (unpaired) electrons. The highest BCUT2D eigenvalue weighted by Crippen LogP contribution is 2.25. The number of ether oxygens (including phenoxy) is 1. The number of rotatable bonds is 7. The lowest BCUT2D eigenvalue weighted by molar-refractivity contribution is 0.0954. The van der Waals surface area contributed by atoms with Crippen LogP contribution in [0.1, 0.15) is 32.7 Å². The number of hydrogen-bond donors (Lipinski definition) is 1. The van der Waals surface area contributed by atoms with Gasteiger partial charge in [-0.3, -0.25) is 14.8 Å². The number of aromatic nitrogens is 2. The molecule has 2 aromatic heterocycles. The predicted molar refractivity (Wildman–Crippen MR) is 105 cm³/mol. The van der Waals surface area contributed by atoms with E-state index in [0.717, 1.165) is 28.1 Å². The lowest BCUT2D eigenvalue weighted by Crippen LogP contribution is -2.26. The Bertz CT molecular complexity index is 873. The van der Waals surface area contributed by atoms with E-state index in [-0.39, 0.29) is 5.91 Å². The number of nitrogens with one attached hydrogen (secondary N) is 1. The fourth-order valence-electron chi connectivity index (χ4n) is 2.90. The molecule has 0 aliphatic carbocycles. The fourth-order valence-corrected chi connectivity index (χ4v) is 2.90. The predicted octanol–water partition coefficient (Wildman–Crippen LogP) is 3.64. The van der Waals surface area contributed by atoms with E-state index in [2.05, 4.69) is 15.3 Å². The maximum atomic E-state index is 12.4. The van der Waals surface area contributed by atoms with Crippen molar-refractivity contribution in [2.45, 2.75) is 26.9 Å². The lowest BCUT2D eigenvalue weighted by Gasteiger charge is -2.14. The molecular formula is C22H23N3O2. The third kappa shape index (κ3) is 5.14. The Morgan fingerprint density at radius 2 is 1.89 bits per heavy atom. The molecule has 3 aromatic rings. The molecule has 5 nitrogen and oxygen atoms in total. The second kappa shape index (κ2) is 8.94. The molecule has 27 heavy (non-hydrogen) atoms. The summed E-state index contributed by atoms with van der Waals surface area (Å²) in [7, 11) is 0. The van der Waals surface area contributed by atoms with Crippen molar-refractivity contribution in [1.29, 1.82) is 0 Å². The van der Waals surface area contributed by atoms with Gasteiger partial charge in [0.1, 0.15) is 12.4 Å². The smallest absolute Gasteiger partial charge is 0.251 e. The summed E-state index contributed by atoms with van der Waals surface area (Å²) in [6.45, 7) is 4.91. The maximum Gasteiger partial charge on any atom is 0.251 e. The van der Waals surface area contributed by atoms with E-state index in [1.165, 1.54) is 0 Å². The van der Waals surface area contributed by atoms with Crippen molar-refractivity contribution in [2.75, 3.05) is 6.54 Å². The number of carbonyl (C=O) groups excluding carboxylic acids is 1. The molecule has 1 aromatic carbocycles. The number of benzene rings is 1. The van der Waals surface area contributed by atoms with Crippen LogP contribution in [-0.2, 0) is 13.0 Å². The topological polar surface area (TPSA) is 64.1 Å². The second-order valence-electron chi connectivity index (χ2n) is 6.42. The standard InChI is InChI=1S/C22H23N3O2/c1-16-12-19(22(26)25-11-8-20-7-3-4-10-24-20)13-17(2)21(16)27-15-18-6-5-9-23-14-18/h3-7,9-10,12-14H,8,11,15H2,1-2H3,(H,25,26). The van der Waals surface area contributed by atoms with Crippen LogP contribution in [0.25, 0.3) is 0 Å². The summed E-state index contributed by atoms with van der Waals surface area (Å²) in [6, 6.07) is 13.4. The molecule has 0 bridgehead atoms. The van der Waals surface area contributed by atoms with Crippen LogP contribution < -0.4 is 10.1 Å². The summed E-state index contributed by atoms with van der Waals surface area (Å²) in [5.74, 6) is 0.722. The van der Waals surface area contributed by atoms with Gasteiger partial charge in [0.2, 0.25) is 0 Å². The number of pyridine rings is 2. The van der Waals surface area contributed by atoms with Gasteiger partial charge in [0, 0.05) is 48.4 Å². The molecule has 138 valence electrons. The van der Waals surface area contributed by atoms with E-state index in [0.29, 0.717) is 25.1 Å².